The Hall–Kier alpha value is -5.12. The molecule has 5 rings (SSSR count). The number of benzene rings is 2. The van der Waals surface area contributed by atoms with Crippen molar-refractivity contribution in [2.45, 2.75) is 122 Å². The molecule has 21 heteroatoms. The molecular formula is C41H58BF3N4O12S. The van der Waals surface area contributed by atoms with Crippen molar-refractivity contribution >= 4 is 52.3 Å². The van der Waals surface area contributed by atoms with Gasteiger partial charge in [0.2, 0.25) is 11.8 Å². The van der Waals surface area contributed by atoms with Crippen molar-refractivity contribution in [1.29, 1.82) is 0 Å². The number of alkyl halides is 3. The molecule has 1 fully saturated rings. The van der Waals surface area contributed by atoms with E-state index in [1.165, 1.54) is 48.8 Å². The maximum atomic E-state index is 12.2. The van der Waals surface area contributed by atoms with Crippen LogP contribution >= 0.6 is 0 Å². The highest BCUT2D eigenvalue weighted by atomic mass is 32.2. The van der Waals surface area contributed by atoms with E-state index in [0.29, 0.717) is 16.6 Å². The summed E-state index contributed by atoms with van der Waals surface area (Å²) in [6, 6.07) is 12.8. The first-order chi connectivity index (χ1) is 28.7. The summed E-state index contributed by atoms with van der Waals surface area (Å²) < 4.78 is 77.6. The zero-order valence-electron chi connectivity index (χ0n) is 35.8. The molecule has 16 nitrogen and oxygen atoms in total. The summed E-state index contributed by atoms with van der Waals surface area (Å²) >= 11 is 0. The van der Waals surface area contributed by atoms with Crippen LogP contribution in [0.4, 0.5) is 22.8 Å². The van der Waals surface area contributed by atoms with Crippen LogP contribution in [0.3, 0.4) is 0 Å². The van der Waals surface area contributed by atoms with Gasteiger partial charge in [0, 0.05) is 42.8 Å². The number of hydrogen-bond acceptors (Lipinski definition) is 12. The van der Waals surface area contributed by atoms with Crippen LogP contribution in [0.2, 0.25) is 0 Å². The number of nitrogens with one attached hydrogen (secondary N) is 2. The molecule has 2 atom stereocenters. The summed E-state index contributed by atoms with van der Waals surface area (Å²) in [7, 11) is -7.15. The van der Waals surface area contributed by atoms with Crippen LogP contribution < -0.4 is 27.6 Å². The maximum Gasteiger partial charge on any atom is 0.534 e. The van der Waals surface area contributed by atoms with Crippen LogP contribution in [0.25, 0.3) is 5.57 Å². The highest BCUT2D eigenvalue weighted by Crippen LogP contribution is 2.30. The van der Waals surface area contributed by atoms with Gasteiger partial charge in [-0.05, 0) is 133 Å². The SMILES string of the molecule is C1CCOC1.CC(C)(C)OC(=O)NC1CC=C(OS(=O)(=O)C(F)(F)F)CC1.CC(C)(C)OC(=O)NC1CC=C(c2ccc(C(N)=O)cc2)CC1.NC(=O)c1ccc(B(O)O)cc1. The molecule has 2 aromatic carbocycles. The molecule has 4 amide bonds. The Morgan fingerprint density at radius 1 is 0.726 bits per heavy atom. The van der Waals surface area contributed by atoms with E-state index in [4.69, 9.17) is 35.7 Å². The van der Waals surface area contributed by atoms with Crippen molar-refractivity contribution in [3.63, 3.8) is 0 Å². The standard InChI is InChI=1S/C18H24N2O3.C12H18F3NO5S.C7H8BNO3.C4H8O/c1-18(2,3)23-17(22)20-15-10-8-13(9-11-15)12-4-6-14(7-5-12)16(19)21;1-11(2,3)20-10(17)16-8-4-6-9(7-5-8)21-22(18,19)12(13,14)15;9-7(10)5-1-3-6(4-2-5)8(11)12;1-2-4-5-3-1/h4-8,15H,9-11H2,1-3H3,(H2,19,21)(H,20,22);6,8H,4-5,7H2,1-3H3,(H,16,17);1-4,11-12H,(H2,9,10);1-4H2. The van der Waals surface area contributed by atoms with Gasteiger partial charge in [0.1, 0.15) is 17.0 Å². The van der Waals surface area contributed by atoms with Crippen molar-refractivity contribution in [3.8, 4) is 0 Å². The molecule has 344 valence electrons. The van der Waals surface area contributed by atoms with Gasteiger partial charge in [-0.1, -0.05) is 30.3 Å². The fraction of sp³-hybridized carbons (Fsp3) is 0.512. The molecule has 2 aliphatic carbocycles. The van der Waals surface area contributed by atoms with Gasteiger partial charge in [0.25, 0.3) is 0 Å². The predicted molar refractivity (Wildman–Crippen MR) is 226 cm³/mol. The minimum atomic E-state index is -5.64. The first-order valence-electron chi connectivity index (χ1n) is 19.8. The van der Waals surface area contributed by atoms with Crippen molar-refractivity contribution in [3.05, 3.63) is 83.1 Å². The van der Waals surface area contributed by atoms with Crippen LogP contribution in [0.1, 0.15) is 119 Å². The van der Waals surface area contributed by atoms with Gasteiger partial charge < -0.3 is 50.5 Å². The monoisotopic (exact) mass is 898 g/mol. The van der Waals surface area contributed by atoms with Gasteiger partial charge in [0.05, 0.1) is 0 Å². The first-order valence-corrected chi connectivity index (χ1v) is 21.2. The molecule has 2 unspecified atom stereocenters. The van der Waals surface area contributed by atoms with E-state index in [9.17, 15) is 40.8 Å². The summed E-state index contributed by atoms with van der Waals surface area (Å²) in [5, 5.41) is 22.8. The van der Waals surface area contributed by atoms with E-state index >= 15 is 0 Å². The van der Waals surface area contributed by atoms with Gasteiger partial charge in [-0.15, -0.1) is 0 Å². The number of carbonyl (C=O) groups excluding carboxylic acids is 4. The number of amides is 4. The van der Waals surface area contributed by atoms with Crippen LogP contribution in [0.15, 0.2) is 66.4 Å². The second kappa shape index (κ2) is 23.9. The predicted octanol–water partition coefficient (Wildman–Crippen LogP) is 5.32. The summed E-state index contributed by atoms with van der Waals surface area (Å²) in [5.41, 5.74) is 7.12. The Labute approximate surface area is 360 Å². The van der Waals surface area contributed by atoms with E-state index in [1.54, 1.807) is 32.9 Å². The van der Waals surface area contributed by atoms with Gasteiger partial charge in [-0.2, -0.15) is 21.6 Å². The largest absolute Gasteiger partial charge is 0.534 e. The van der Waals surface area contributed by atoms with Crippen LogP contribution in [0.5, 0.6) is 0 Å². The van der Waals surface area contributed by atoms with Gasteiger partial charge in [-0.25, -0.2) is 9.59 Å². The summed E-state index contributed by atoms with van der Waals surface area (Å²) in [6.45, 7) is 12.6. The van der Waals surface area contributed by atoms with E-state index in [1.807, 2.05) is 32.9 Å². The Balaban J connectivity index is 0.000000314. The van der Waals surface area contributed by atoms with Gasteiger partial charge in [0.15, 0.2) is 0 Å². The lowest BCUT2D eigenvalue weighted by Crippen LogP contribution is -2.40. The summed E-state index contributed by atoms with van der Waals surface area (Å²) in [6.07, 6.45) is 7.77. The lowest BCUT2D eigenvalue weighted by Gasteiger charge is -2.26. The van der Waals surface area contributed by atoms with Gasteiger partial charge >= 0.3 is 34.9 Å². The number of halogens is 3. The lowest BCUT2D eigenvalue weighted by atomic mass is 9.80. The second-order valence-corrected chi connectivity index (χ2v) is 17.8. The molecule has 8 N–H and O–H groups in total. The van der Waals surface area contributed by atoms with Crippen molar-refractivity contribution in [1.82, 2.24) is 10.6 Å². The van der Waals surface area contributed by atoms with Crippen molar-refractivity contribution in [2.24, 2.45) is 11.5 Å². The number of allylic oxidation sites excluding steroid dienone is 2. The molecule has 1 aliphatic heterocycles. The lowest BCUT2D eigenvalue weighted by molar-refractivity contribution is -0.0524. The minimum Gasteiger partial charge on any atom is -0.444 e. The third-order valence-corrected chi connectivity index (χ3v) is 9.58. The topological polar surface area (TPSA) is 256 Å². The number of carbonyl (C=O) groups is 4. The number of nitrogens with two attached hydrogens (primary N) is 2. The number of rotatable bonds is 8. The molecule has 0 bridgehead atoms. The molecular weight excluding hydrogens is 840 g/mol. The molecule has 0 radical (unpaired) electrons. The number of alkyl carbamates (subject to hydrolysis) is 2. The Bertz CT molecular complexity index is 1950. The maximum absolute atomic E-state index is 12.2. The molecule has 62 heavy (non-hydrogen) atoms. The fourth-order valence-corrected chi connectivity index (χ4v) is 6.09. The van der Waals surface area contributed by atoms with E-state index in [-0.39, 0.29) is 43.2 Å². The van der Waals surface area contributed by atoms with Crippen LogP contribution in [-0.4, -0.2) is 91.6 Å². The Kier molecular flexibility index (Phi) is 20.5. The molecule has 2 aromatic rings. The molecule has 0 aromatic heterocycles. The Morgan fingerprint density at radius 2 is 1.16 bits per heavy atom. The number of hydrogen-bond donors (Lipinski definition) is 6. The fourth-order valence-electron chi connectivity index (χ4n) is 5.56. The number of primary amides is 2. The molecule has 1 saturated heterocycles. The average molecular weight is 899 g/mol. The van der Waals surface area contributed by atoms with Gasteiger partial charge in [-0.3, -0.25) is 9.59 Å². The third kappa shape index (κ3) is 20.6. The van der Waals surface area contributed by atoms with E-state index < -0.39 is 51.9 Å². The molecule has 0 saturated carbocycles. The van der Waals surface area contributed by atoms with Crippen molar-refractivity contribution in [2.75, 3.05) is 13.2 Å². The van der Waals surface area contributed by atoms with E-state index in [2.05, 4.69) is 20.9 Å². The first kappa shape index (κ1) is 53.0. The zero-order valence-corrected chi connectivity index (χ0v) is 36.6. The minimum absolute atomic E-state index is 0.0320. The van der Waals surface area contributed by atoms with Crippen LogP contribution in [0, 0.1) is 0 Å². The zero-order chi connectivity index (χ0) is 46.9. The third-order valence-electron chi connectivity index (χ3n) is 8.58. The molecule has 1 heterocycles. The Morgan fingerprint density at radius 3 is 1.48 bits per heavy atom. The smallest absolute Gasteiger partial charge is 0.444 e. The molecule has 0 spiro atoms. The quantitative estimate of drug-likeness (QED) is 0.112. The summed E-state index contributed by atoms with van der Waals surface area (Å²) in [4.78, 5) is 45.0. The average Bonchev–Trinajstić information content (AvgIpc) is 3.75. The van der Waals surface area contributed by atoms with E-state index in [0.717, 1.165) is 38.0 Å². The molecule has 3 aliphatic rings. The van der Waals surface area contributed by atoms with Crippen molar-refractivity contribution < 1.29 is 69.2 Å². The summed E-state index contributed by atoms with van der Waals surface area (Å²) in [5.74, 6) is -1.23. The second-order valence-electron chi connectivity index (χ2n) is 16.2. The normalized spacial score (nSPS) is 17.6. The van der Waals surface area contributed by atoms with Crippen LogP contribution in [-0.2, 0) is 28.5 Å². The highest BCUT2D eigenvalue weighted by molar-refractivity contribution is 7.87. The number of ether oxygens (including phenoxy) is 3. The highest BCUT2D eigenvalue weighted by Gasteiger charge is 2.49.